The van der Waals surface area contributed by atoms with Crippen molar-refractivity contribution in [3.63, 3.8) is 0 Å². The number of carbonyl (C=O) groups is 1. The molecule has 2 aromatic heterocycles. The molecular formula is C22H28N6O6. The number of phenols is 1. The zero-order valence-corrected chi connectivity index (χ0v) is 19.6. The number of hydrogen-bond donors (Lipinski definition) is 2. The molecule has 12 nitrogen and oxygen atoms in total. The first-order valence-electron chi connectivity index (χ1n) is 10.8. The maximum Gasteiger partial charge on any atom is 0.332 e. The van der Waals surface area contributed by atoms with E-state index in [1.165, 1.54) is 38.1 Å². The number of aromatic hydroxyl groups is 1. The summed E-state index contributed by atoms with van der Waals surface area (Å²) in [6.45, 7) is 2.61. The molecule has 34 heavy (non-hydrogen) atoms. The Balaban J connectivity index is 1.70. The van der Waals surface area contributed by atoms with Crippen molar-refractivity contribution in [2.75, 3.05) is 13.7 Å². The lowest BCUT2D eigenvalue weighted by molar-refractivity contribution is -0.121. The van der Waals surface area contributed by atoms with Crippen LogP contribution in [0.2, 0.25) is 0 Å². The SMILES string of the molecule is CCCOc1nc2c(c(=O)n(C)c(=O)n2C)n1CCCC(=O)N/N=C/c1ccc(OC)cc1O. The van der Waals surface area contributed by atoms with Crippen LogP contribution in [0.15, 0.2) is 32.9 Å². The lowest BCUT2D eigenvalue weighted by Crippen LogP contribution is -2.37. The number of benzene rings is 1. The molecule has 3 rings (SSSR count). The number of methoxy groups -OCH3 is 1. The Labute approximate surface area is 195 Å². The van der Waals surface area contributed by atoms with Crippen LogP contribution in [-0.4, -0.2) is 49.6 Å². The van der Waals surface area contributed by atoms with E-state index < -0.39 is 11.2 Å². The number of ether oxygens (including phenoxy) is 2. The van der Waals surface area contributed by atoms with Crippen LogP contribution in [0.25, 0.3) is 11.2 Å². The summed E-state index contributed by atoms with van der Waals surface area (Å²) in [5, 5.41) is 13.8. The molecule has 182 valence electrons. The largest absolute Gasteiger partial charge is 0.507 e. The summed E-state index contributed by atoms with van der Waals surface area (Å²) in [7, 11) is 4.43. The van der Waals surface area contributed by atoms with Crippen LogP contribution in [-0.2, 0) is 25.4 Å². The van der Waals surface area contributed by atoms with E-state index in [4.69, 9.17) is 9.47 Å². The molecule has 0 atom stereocenters. The van der Waals surface area contributed by atoms with Gasteiger partial charge in [-0.05, 0) is 25.0 Å². The molecule has 0 bridgehead atoms. The van der Waals surface area contributed by atoms with Crippen LogP contribution < -0.4 is 26.1 Å². The van der Waals surface area contributed by atoms with E-state index in [-0.39, 0.29) is 41.8 Å². The average molecular weight is 473 g/mol. The third-order valence-electron chi connectivity index (χ3n) is 5.16. The van der Waals surface area contributed by atoms with E-state index in [1.54, 1.807) is 16.7 Å². The van der Waals surface area contributed by atoms with Gasteiger partial charge in [-0.1, -0.05) is 6.92 Å². The van der Waals surface area contributed by atoms with Gasteiger partial charge in [-0.3, -0.25) is 23.3 Å². The summed E-state index contributed by atoms with van der Waals surface area (Å²) < 4.78 is 14.6. The van der Waals surface area contributed by atoms with Crippen molar-refractivity contribution >= 4 is 23.3 Å². The Morgan fingerprint density at radius 1 is 1.26 bits per heavy atom. The lowest BCUT2D eigenvalue weighted by atomic mass is 10.2. The summed E-state index contributed by atoms with van der Waals surface area (Å²) >= 11 is 0. The maximum atomic E-state index is 12.8. The number of rotatable bonds is 10. The van der Waals surface area contributed by atoms with E-state index in [0.29, 0.717) is 24.3 Å². The molecule has 3 aromatic rings. The second kappa shape index (κ2) is 10.7. The number of carbonyl (C=O) groups excluding carboxylic acids is 1. The normalized spacial score (nSPS) is 11.3. The number of fused-ring (bicyclic) bond motifs is 1. The first-order valence-corrected chi connectivity index (χ1v) is 10.8. The van der Waals surface area contributed by atoms with Gasteiger partial charge in [0.05, 0.1) is 19.9 Å². The number of nitrogens with zero attached hydrogens (tertiary/aromatic N) is 5. The van der Waals surface area contributed by atoms with Crippen LogP contribution in [0.5, 0.6) is 17.5 Å². The highest BCUT2D eigenvalue weighted by Crippen LogP contribution is 2.22. The molecule has 12 heteroatoms. The Morgan fingerprint density at radius 3 is 2.71 bits per heavy atom. The van der Waals surface area contributed by atoms with Gasteiger partial charge >= 0.3 is 5.69 Å². The fourth-order valence-electron chi connectivity index (χ4n) is 3.32. The Hall–Kier alpha value is -4.09. The second-order valence-corrected chi connectivity index (χ2v) is 7.59. The van der Waals surface area contributed by atoms with E-state index in [2.05, 4.69) is 15.5 Å². The van der Waals surface area contributed by atoms with Crippen molar-refractivity contribution in [3.05, 3.63) is 44.6 Å². The van der Waals surface area contributed by atoms with Gasteiger partial charge in [0.1, 0.15) is 11.5 Å². The minimum Gasteiger partial charge on any atom is -0.507 e. The molecule has 0 radical (unpaired) electrons. The molecule has 0 fully saturated rings. The summed E-state index contributed by atoms with van der Waals surface area (Å²) in [6, 6.07) is 4.94. The van der Waals surface area contributed by atoms with Crippen LogP contribution in [0, 0.1) is 0 Å². The fraction of sp³-hybridized carbons (Fsp3) is 0.409. The molecule has 0 unspecified atom stereocenters. The Kier molecular flexibility index (Phi) is 7.71. The molecule has 0 saturated carbocycles. The molecule has 0 aliphatic rings. The first-order chi connectivity index (χ1) is 16.3. The molecule has 2 N–H and O–H groups in total. The molecule has 2 heterocycles. The molecule has 0 saturated heterocycles. The zero-order valence-electron chi connectivity index (χ0n) is 19.6. The highest BCUT2D eigenvalue weighted by molar-refractivity contribution is 5.85. The number of phenolic OH excluding ortho intramolecular Hbond substituents is 1. The number of imidazole rings is 1. The first kappa shape index (κ1) is 24.6. The van der Waals surface area contributed by atoms with Gasteiger partial charge in [-0.25, -0.2) is 10.2 Å². The third kappa shape index (κ3) is 5.11. The molecular weight excluding hydrogens is 444 g/mol. The monoisotopic (exact) mass is 472 g/mol. The number of aromatic nitrogens is 4. The summed E-state index contributed by atoms with van der Waals surface area (Å²) in [4.78, 5) is 41.6. The minimum atomic E-state index is -0.482. The van der Waals surface area contributed by atoms with Gasteiger partial charge < -0.3 is 14.6 Å². The van der Waals surface area contributed by atoms with Crippen LogP contribution in [0.3, 0.4) is 0 Å². The molecule has 1 amide bonds. The van der Waals surface area contributed by atoms with Gasteiger partial charge in [0, 0.05) is 38.7 Å². The predicted molar refractivity (Wildman–Crippen MR) is 126 cm³/mol. The summed E-state index contributed by atoms with van der Waals surface area (Å²) in [5.74, 6) is 0.132. The average Bonchev–Trinajstić information content (AvgIpc) is 3.19. The fourth-order valence-corrected chi connectivity index (χ4v) is 3.32. The van der Waals surface area contributed by atoms with E-state index in [1.807, 2.05) is 6.92 Å². The Bertz CT molecular complexity index is 1340. The number of nitrogens with one attached hydrogen (secondary N) is 1. The van der Waals surface area contributed by atoms with Crippen molar-refractivity contribution in [2.45, 2.75) is 32.7 Å². The Morgan fingerprint density at radius 2 is 2.03 bits per heavy atom. The third-order valence-corrected chi connectivity index (χ3v) is 5.16. The van der Waals surface area contributed by atoms with Crippen molar-refractivity contribution in [1.29, 1.82) is 0 Å². The zero-order chi connectivity index (χ0) is 24.8. The molecule has 0 aliphatic heterocycles. The van der Waals surface area contributed by atoms with E-state index in [0.717, 1.165) is 11.0 Å². The molecule has 1 aromatic carbocycles. The van der Waals surface area contributed by atoms with Gasteiger partial charge in [0.2, 0.25) is 5.91 Å². The lowest BCUT2D eigenvalue weighted by Gasteiger charge is -2.09. The van der Waals surface area contributed by atoms with Crippen molar-refractivity contribution in [2.24, 2.45) is 19.2 Å². The molecule has 0 spiro atoms. The number of hydrazone groups is 1. The van der Waals surface area contributed by atoms with Gasteiger partial charge in [0.25, 0.3) is 11.6 Å². The van der Waals surface area contributed by atoms with Crippen LogP contribution in [0.4, 0.5) is 0 Å². The van der Waals surface area contributed by atoms with E-state index in [9.17, 15) is 19.5 Å². The topological polar surface area (TPSA) is 142 Å². The maximum absolute atomic E-state index is 12.8. The van der Waals surface area contributed by atoms with Gasteiger partial charge in [0.15, 0.2) is 11.2 Å². The van der Waals surface area contributed by atoms with Crippen molar-refractivity contribution < 1.29 is 19.4 Å². The number of aryl methyl sites for hydroxylation is 2. The summed E-state index contributed by atoms with van der Waals surface area (Å²) in [5.41, 5.74) is 2.34. The van der Waals surface area contributed by atoms with Crippen LogP contribution in [0.1, 0.15) is 31.7 Å². The highest BCUT2D eigenvalue weighted by atomic mass is 16.5. The standard InChI is InChI=1S/C22H28N6O6/c1-5-11-34-21-24-19-18(20(31)27(3)22(32)26(19)2)28(21)10-6-7-17(30)25-23-13-14-8-9-15(33-4)12-16(14)29/h8-9,12-13,29H,5-7,10-11H2,1-4H3,(H,25,30)/b23-13+. The summed E-state index contributed by atoms with van der Waals surface area (Å²) in [6.07, 6.45) is 2.56. The van der Waals surface area contributed by atoms with Crippen molar-refractivity contribution in [1.82, 2.24) is 24.1 Å². The second-order valence-electron chi connectivity index (χ2n) is 7.59. The number of amides is 1. The molecule has 0 aliphatic carbocycles. The van der Waals surface area contributed by atoms with E-state index >= 15 is 0 Å². The quantitative estimate of drug-likeness (QED) is 0.329. The highest BCUT2D eigenvalue weighted by Gasteiger charge is 2.20. The smallest absolute Gasteiger partial charge is 0.332 e. The van der Waals surface area contributed by atoms with Crippen molar-refractivity contribution in [3.8, 4) is 17.5 Å². The predicted octanol–water partition coefficient (Wildman–Crippen LogP) is 0.867. The van der Waals surface area contributed by atoms with Gasteiger partial charge in [-0.15, -0.1) is 0 Å². The van der Waals surface area contributed by atoms with Crippen LogP contribution >= 0.6 is 0 Å². The van der Waals surface area contributed by atoms with Gasteiger partial charge in [-0.2, -0.15) is 10.1 Å². The number of hydrogen-bond acceptors (Lipinski definition) is 8. The minimum absolute atomic E-state index is 0.0278.